The molecule has 0 heterocycles. The highest BCUT2D eigenvalue weighted by Crippen LogP contribution is 2.63. The molecule has 0 aromatic heterocycles. The number of halogens is 1. The van der Waals surface area contributed by atoms with Gasteiger partial charge in [0.25, 0.3) is 0 Å². The van der Waals surface area contributed by atoms with E-state index in [0.717, 1.165) is 20.7 Å². The Morgan fingerprint density at radius 2 is 1.02 bits per heavy atom. The van der Waals surface area contributed by atoms with Crippen molar-refractivity contribution < 1.29 is 18.6 Å². The number of hydrogen-bond donors (Lipinski definition) is 1. The predicted octanol–water partition coefficient (Wildman–Crippen LogP) is 10.3. The van der Waals surface area contributed by atoms with E-state index in [0.29, 0.717) is 12.0 Å². The van der Waals surface area contributed by atoms with E-state index in [4.69, 9.17) is 8.75 Å². The van der Waals surface area contributed by atoms with E-state index in [9.17, 15) is 9.82 Å². The smallest absolute Gasteiger partial charge is 0.401 e. The third-order valence-corrected chi connectivity index (χ3v) is 12.5. The van der Waals surface area contributed by atoms with Crippen molar-refractivity contribution in [3.8, 4) is 0 Å². The van der Waals surface area contributed by atoms with Crippen molar-refractivity contribution in [1.82, 2.24) is 0 Å². The second kappa shape index (κ2) is 16.4. The molecular formula is C42H38BBrO4S. The predicted molar refractivity (Wildman–Crippen MR) is 204 cm³/mol. The van der Waals surface area contributed by atoms with Gasteiger partial charge in [0, 0.05) is 31.8 Å². The van der Waals surface area contributed by atoms with Crippen LogP contribution >= 0.6 is 26.2 Å². The van der Waals surface area contributed by atoms with Gasteiger partial charge in [-0.25, -0.2) is 0 Å². The highest BCUT2D eigenvalue weighted by Gasteiger charge is 2.39. The molecule has 0 spiro atoms. The summed E-state index contributed by atoms with van der Waals surface area (Å²) >= 11 is 3.46. The molecule has 0 amide bonds. The van der Waals surface area contributed by atoms with Crippen molar-refractivity contribution in [1.29, 1.82) is 0 Å². The Balaban J connectivity index is 1.27. The van der Waals surface area contributed by atoms with Gasteiger partial charge in [-0.15, -0.1) is 0 Å². The monoisotopic (exact) mass is 728 g/mol. The molecule has 0 atom stereocenters. The molecule has 0 aliphatic rings. The molecule has 0 saturated carbocycles. The lowest BCUT2D eigenvalue weighted by Gasteiger charge is -2.40. The van der Waals surface area contributed by atoms with Crippen LogP contribution in [0.2, 0.25) is 0 Å². The molecule has 0 unspecified atom stereocenters. The van der Waals surface area contributed by atoms with E-state index in [1.54, 1.807) is 12.1 Å². The zero-order chi connectivity index (χ0) is 33.9. The number of ketones is 1. The van der Waals surface area contributed by atoms with Gasteiger partial charge in [0.1, 0.15) is 0 Å². The number of carbonyl (C=O) groups is 1. The standard InChI is InChI=1S/C42H38BBrO4S/c44-38-29-27-34(28-30-38)41(45)33-49(39-23-12-4-13-24-39,40-25-14-5-15-26-40)48-43(46)47-32-16-31-42(35-17-6-1-7-18-35,36-19-8-2-9-20-36)37-21-10-3-11-22-37/h1-15,17-30,46H,16,31-33H2. The SMILES string of the molecule is O=C(CS(OB(O)OCCCC(c1ccccc1)(c1ccccc1)c1ccccc1)(c1ccccc1)c1ccccc1)c1ccc(Br)cc1. The summed E-state index contributed by atoms with van der Waals surface area (Å²) in [7, 11) is -4.10. The van der Waals surface area contributed by atoms with Crippen LogP contribution in [0, 0.1) is 0 Å². The summed E-state index contributed by atoms with van der Waals surface area (Å²) in [5, 5.41) is 11.5. The van der Waals surface area contributed by atoms with Crippen molar-refractivity contribution in [2.45, 2.75) is 28.0 Å². The first-order valence-corrected chi connectivity index (χ1v) is 18.9. The maximum atomic E-state index is 13.9. The first kappa shape index (κ1) is 34.6. The Bertz CT molecular complexity index is 1760. The average Bonchev–Trinajstić information content (AvgIpc) is 3.16. The number of Topliss-reactive ketones (excluding diaryl/α,β-unsaturated/α-hetero) is 1. The van der Waals surface area contributed by atoms with Crippen LogP contribution in [0.1, 0.15) is 39.9 Å². The topological polar surface area (TPSA) is 55.8 Å². The molecule has 6 aromatic rings. The Kier molecular flexibility index (Phi) is 11.6. The summed E-state index contributed by atoms with van der Waals surface area (Å²) in [6.07, 6.45) is 1.37. The number of benzene rings is 6. The summed E-state index contributed by atoms with van der Waals surface area (Å²) in [5.74, 6) is -0.0388. The first-order chi connectivity index (χ1) is 24.0. The fraction of sp³-hybridized carbons (Fsp3) is 0.119. The Labute approximate surface area is 299 Å². The summed E-state index contributed by atoms with van der Waals surface area (Å²) in [6.45, 7) is 0.245. The maximum Gasteiger partial charge on any atom is 0.647 e. The maximum absolute atomic E-state index is 13.9. The minimum atomic E-state index is -2.54. The Morgan fingerprint density at radius 1 is 0.612 bits per heavy atom. The van der Waals surface area contributed by atoms with Crippen molar-refractivity contribution >= 4 is 39.3 Å². The van der Waals surface area contributed by atoms with E-state index in [2.05, 4.69) is 88.7 Å². The second-order valence-corrected chi connectivity index (χ2v) is 15.4. The van der Waals surface area contributed by atoms with E-state index in [1.807, 2.05) is 91.0 Å². The molecule has 1 N–H and O–H groups in total. The van der Waals surface area contributed by atoms with Crippen molar-refractivity contribution in [3.63, 3.8) is 0 Å². The number of rotatable bonds is 15. The Hall–Kier alpha value is -4.24. The van der Waals surface area contributed by atoms with Gasteiger partial charge in [-0.3, -0.25) is 4.79 Å². The molecule has 0 radical (unpaired) electrons. The lowest BCUT2D eigenvalue weighted by molar-refractivity contribution is 0.102. The summed E-state index contributed by atoms with van der Waals surface area (Å²) in [6, 6.07) is 58.4. The van der Waals surface area contributed by atoms with Crippen LogP contribution in [0.25, 0.3) is 0 Å². The molecule has 6 rings (SSSR count). The van der Waals surface area contributed by atoms with Gasteiger partial charge in [-0.05, 0) is 65.9 Å². The summed E-state index contributed by atoms with van der Waals surface area (Å²) < 4.78 is 13.6. The first-order valence-electron chi connectivity index (χ1n) is 16.4. The van der Waals surface area contributed by atoms with Gasteiger partial charge in [0.2, 0.25) is 0 Å². The van der Waals surface area contributed by atoms with Crippen molar-refractivity contribution in [2.75, 3.05) is 12.4 Å². The fourth-order valence-corrected chi connectivity index (χ4v) is 9.65. The minimum absolute atomic E-state index is 0.0439. The van der Waals surface area contributed by atoms with E-state index < -0.39 is 23.0 Å². The zero-order valence-electron chi connectivity index (χ0n) is 27.1. The summed E-state index contributed by atoms with van der Waals surface area (Å²) in [4.78, 5) is 15.5. The van der Waals surface area contributed by atoms with Gasteiger partial charge in [-0.2, -0.15) is 0 Å². The van der Waals surface area contributed by atoms with E-state index in [-0.39, 0.29) is 18.1 Å². The molecule has 0 bridgehead atoms. The molecule has 246 valence electrons. The van der Waals surface area contributed by atoms with Gasteiger partial charge in [-0.1, -0.05) is 166 Å². The molecule has 7 heteroatoms. The molecule has 0 fully saturated rings. The van der Waals surface area contributed by atoms with Gasteiger partial charge >= 0.3 is 7.32 Å². The lowest BCUT2D eigenvalue weighted by Crippen LogP contribution is -2.31. The lowest BCUT2D eigenvalue weighted by atomic mass is 9.67. The van der Waals surface area contributed by atoms with Crippen LogP contribution in [-0.4, -0.2) is 30.5 Å². The van der Waals surface area contributed by atoms with Crippen LogP contribution in [0.3, 0.4) is 0 Å². The van der Waals surface area contributed by atoms with Crippen LogP contribution < -0.4 is 0 Å². The van der Waals surface area contributed by atoms with Gasteiger partial charge < -0.3 is 13.8 Å². The number of hydrogen-bond acceptors (Lipinski definition) is 4. The Morgan fingerprint density at radius 3 is 1.45 bits per heavy atom. The van der Waals surface area contributed by atoms with E-state index >= 15 is 0 Å². The molecule has 4 nitrogen and oxygen atoms in total. The van der Waals surface area contributed by atoms with Gasteiger partial charge in [0.05, 0.1) is 5.75 Å². The largest absolute Gasteiger partial charge is 0.647 e. The normalized spacial score (nSPS) is 12.0. The highest BCUT2D eigenvalue weighted by molar-refractivity contribution is 9.10. The molecule has 0 saturated heterocycles. The van der Waals surface area contributed by atoms with Crippen LogP contribution in [-0.2, 0) is 14.2 Å². The van der Waals surface area contributed by atoms with Crippen LogP contribution in [0.4, 0.5) is 0 Å². The molecular weight excluding hydrogens is 691 g/mol. The van der Waals surface area contributed by atoms with Gasteiger partial charge in [0.15, 0.2) is 5.78 Å². The molecule has 49 heavy (non-hydrogen) atoms. The fourth-order valence-electron chi connectivity index (χ4n) is 6.42. The van der Waals surface area contributed by atoms with Crippen LogP contribution in [0.5, 0.6) is 0 Å². The van der Waals surface area contributed by atoms with E-state index in [1.165, 1.54) is 16.7 Å². The van der Waals surface area contributed by atoms with Crippen molar-refractivity contribution in [2.24, 2.45) is 0 Å². The summed E-state index contributed by atoms with van der Waals surface area (Å²) in [5.41, 5.74) is 3.70. The van der Waals surface area contributed by atoms with Crippen molar-refractivity contribution in [3.05, 3.63) is 203 Å². The molecule has 0 aliphatic heterocycles. The highest BCUT2D eigenvalue weighted by atomic mass is 79.9. The second-order valence-electron chi connectivity index (χ2n) is 11.8. The number of carbonyl (C=O) groups excluding carboxylic acids is 1. The molecule has 6 aromatic carbocycles. The quantitative estimate of drug-likeness (QED) is 0.0495. The van der Waals surface area contributed by atoms with Crippen LogP contribution in [0.15, 0.2) is 190 Å². The molecule has 0 aliphatic carbocycles. The third-order valence-electron chi connectivity index (χ3n) is 8.75. The third kappa shape index (κ3) is 7.99. The minimum Gasteiger partial charge on any atom is -0.401 e. The zero-order valence-corrected chi connectivity index (χ0v) is 29.5. The average molecular weight is 730 g/mol.